The number of carbonyl (C=O) groups excluding carboxylic acids is 1. The maximum atomic E-state index is 12.0. The largest absolute Gasteiger partial charge is 0.381 e. The Kier molecular flexibility index (Phi) is 6.00. The molecule has 0 unspecified atom stereocenters. The van der Waals surface area contributed by atoms with Crippen LogP contribution in [0.5, 0.6) is 0 Å². The zero-order valence-corrected chi connectivity index (χ0v) is 15.2. The molecule has 0 N–H and O–H groups in total. The summed E-state index contributed by atoms with van der Waals surface area (Å²) in [6.07, 6.45) is 5.62. The van der Waals surface area contributed by atoms with Crippen LogP contribution >= 0.6 is 0 Å². The van der Waals surface area contributed by atoms with E-state index in [1.807, 2.05) is 19.0 Å². The molecule has 6 nitrogen and oxygen atoms in total. The topological polar surface area (TPSA) is 51.2 Å². The summed E-state index contributed by atoms with van der Waals surface area (Å²) in [7, 11) is 3.63. The van der Waals surface area contributed by atoms with E-state index in [1.165, 1.54) is 0 Å². The number of piperidine rings is 1. The van der Waals surface area contributed by atoms with Crippen molar-refractivity contribution in [3.8, 4) is 0 Å². The zero-order chi connectivity index (χ0) is 17.0. The minimum atomic E-state index is 0.125. The molecule has 24 heavy (non-hydrogen) atoms. The van der Waals surface area contributed by atoms with Gasteiger partial charge in [0.2, 0.25) is 0 Å². The molecule has 0 saturated carbocycles. The summed E-state index contributed by atoms with van der Waals surface area (Å²) >= 11 is 0. The van der Waals surface area contributed by atoms with Crippen LogP contribution in [0.3, 0.4) is 0 Å². The van der Waals surface area contributed by atoms with Crippen LogP contribution in [0.1, 0.15) is 32.1 Å². The van der Waals surface area contributed by atoms with Crippen molar-refractivity contribution in [2.24, 2.45) is 11.3 Å². The lowest BCUT2D eigenvalue weighted by Gasteiger charge is -2.39. The van der Waals surface area contributed by atoms with E-state index in [9.17, 15) is 4.79 Å². The van der Waals surface area contributed by atoms with E-state index in [0.29, 0.717) is 12.5 Å². The third-order valence-corrected chi connectivity index (χ3v) is 5.76. The number of urea groups is 1. The van der Waals surface area contributed by atoms with Crippen molar-refractivity contribution in [2.75, 3.05) is 60.2 Å². The predicted molar refractivity (Wildman–Crippen MR) is 91.0 cm³/mol. The van der Waals surface area contributed by atoms with E-state index in [0.717, 1.165) is 71.6 Å². The minimum Gasteiger partial charge on any atom is -0.381 e. The van der Waals surface area contributed by atoms with Crippen molar-refractivity contribution >= 4 is 6.03 Å². The Morgan fingerprint density at radius 1 is 1.21 bits per heavy atom. The first-order valence-electron chi connectivity index (χ1n) is 9.31. The number of amides is 2. The van der Waals surface area contributed by atoms with Gasteiger partial charge in [0.25, 0.3) is 0 Å². The molecule has 3 fully saturated rings. The summed E-state index contributed by atoms with van der Waals surface area (Å²) in [6.45, 7) is 5.80. The average molecular weight is 340 g/mol. The molecule has 2 amide bonds. The lowest BCUT2D eigenvalue weighted by molar-refractivity contribution is -0.0182. The average Bonchev–Trinajstić information content (AvgIpc) is 2.98. The third-order valence-electron chi connectivity index (χ3n) is 5.76. The van der Waals surface area contributed by atoms with Crippen molar-refractivity contribution in [1.29, 1.82) is 0 Å². The maximum Gasteiger partial charge on any atom is 0.319 e. The Morgan fingerprint density at radius 3 is 2.58 bits per heavy atom. The second-order valence-corrected chi connectivity index (χ2v) is 7.89. The van der Waals surface area contributed by atoms with Crippen molar-refractivity contribution in [1.82, 2.24) is 9.80 Å². The third kappa shape index (κ3) is 4.41. The molecule has 0 aromatic rings. The van der Waals surface area contributed by atoms with Crippen molar-refractivity contribution in [3.05, 3.63) is 0 Å². The van der Waals surface area contributed by atoms with E-state index in [4.69, 9.17) is 14.2 Å². The van der Waals surface area contributed by atoms with Gasteiger partial charge >= 0.3 is 6.03 Å². The smallest absolute Gasteiger partial charge is 0.319 e. The quantitative estimate of drug-likeness (QED) is 0.785. The Hall–Kier alpha value is -0.850. The monoisotopic (exact) mass is 340 g/mol. The van der Waals surface area contributed by atoms with Gasteiger partial charge < -0.3 is 24.0 Å². The highest BCUT2D eigenvalue weighted by Crippen LogP contribution is 2.42. The summed E-state index contributed by atoms with van der Waals surface area (Å²) in [5, 5.41) is 0. The molecule has 0 aromatic carbocycles. The van der Waals surface area contributed by atoms with E-state index < -0.39 is 0 Å². The molecular formula is C18H32N2O4. The molecule has 0 aliphatic carbocycles. The lowest BCUT2D eigenvalue weighted by atomic mass is 9.77. The molecule has 0 aromatic heterocycles. The molecule has 138 valence electrons. The Bertz CT molecular complexity index is 415. The highest BCUT2D eigenvalue weighted by Gasteiger charge is 2.43. The van der Waals surface area contributed by atoms with Crippen LogP contribution in [0.2, 0.25) is 0 Å². The molecule has 3 rings (SSSR count). The van der Waals surface area contributed by atoms with Crippen LogP contribution in [-0.2, 0) is 14.2 Å². The fourth-order valence-electron chi connectivity index (χ4n) is 4.09. The lowest BCUT2D eigenvalue weighted by Crippen LogP contribution is -2.47. The Balaban J connectivity index is 1.37. The normalized spacial score (nSPS) is 27.6. The van der Waals surface area contributed by atoms with Crippen LogP contribution in [-0.4, -0.2) is 82.2 Å². The van der Waals surface area contributed by atoms with Gasteiger partial charge in [-0.2, -0.15) is 0 Å². The van der Waals surface area contributed by atoms with Crippen LogP contribution in [0.25, 0.3) is 0 Å². The van der Waals surface area contributed by atoms with Gasteiger partial charge in [-0.1, -0.05) is 0 Å². The van der Waals surface area contributed by atoms with Gasteiger partial charge in [-0.3, -0.25) is 0 Å². The molecule has 1 spiro atoms. The van der Waals surface area contributed by atoms with Gasteiger partial charge in [-0.05, 0) is 43.4 Å². The van der Waals surface area contributed by atoms with E-state index in [2.05, 4.69) is 0 Å². The number of likely N-dealkylation sites (tertiary alicyclic amines) is 1. The second kappa shape index (κ2) is 8.02. The Labute approximate surface area is 145 Å². The van der Waals surface area contributed by atoms with Crippen molar-refractivity contribution in [2.45, 2.75) is 38.2 Å². The van der Waals surface area contributed by atoms with Crippen LogP contribution in [0.15, 0.2) is 0 Å². The number of hydrogen-bond donors (Lipinski definition) is 0. The number of rotatable bonds is 4. The van der Waals surface area contributed by atoms with Crippen LogP contribution < -0.4 is 0 Å². The SMILES string of the molecule is CN(C)C(=O)N1CCC2(CC1)CO[C@@H](COCC1CCOCC1)C2. The summed E-state index contributed by atoms with van der Waals surface area (Å²) in [6, 6.07) is 0.125. The molecule has 3 saturated heterocycles. The molecule has 0 bridgehead atoms. The minimum absolute atomic E-state index is 0.125. The first kappa shape index (κ1) is 18.0. The fourth-order valence-corrected chi connectivity index (χ4v) is 4.09. The molecule has 1 atom stereocenters. The molecular weight excluding hydrogens is 308 g/mol. The van der Waals surface area contributed by atoms with Crippen LogP contribution in [0.4, 0.5) is 4.79 Å². The van der Waals surface area contributed by atoms with Crippen molar-refractivity contribution in [3.63, 3.8) is 0 Å². The standard InChI is InChI=1S/C18H32N2O4/c1-19(2)17(21)20-7-5-18(6-8-20)11-16(24-14-18)13-23-12-15-3-9-22-10-4-15/h15-16H,3-14H2,1-2H3/t16-/m1/s1. The highest BCUT2D eigenvalue weighted by molar-refractivity contribution is 5.73. The van der Waals surface area contributed by atoms with Gasteiger partial charge in [-0.15, -0.1) is 0 Å². The number of carbonyl (C=O) groups is 1. The zero-order valence-electron chi connectivity index (χ0n) is 15.2. The van der Waals surface area contributed by atoms with Gasteiger partial charge in [0.05, 0.1) is 19.3 Å². The van der Waals surface area contributed by atoms with E-state index in [1.54, 1.807) is 4.90 Å². The number of ether oxygens (including phenoxy) is 3. The second-order valence-electron chi connectivity index (χ2n) is 7.89. The van der Waals surface area contributed by atoms with Crippen LogP contribution in [0, 0.1) is 11.3 Å². The Morgan fingerprint density at radius 2 is 1.92 bits per heavy atom. The number of hydrogen-bond acceptors (Lipinski definition) is 4. The van der Waals surface area contributed by atoms with Gasteiger partial charge in [-0.25, -0.2) is 4.79 Å². The van der Waals surface area contributed by atoms with Gasteiger partial charge in [0.15, 0.2) is 0 Å². The highest BCUT2D eigenvalue weighted by atomic mass is 16.5. The summed E-state index contributed by atoms with van der Waals surface area (Å²) in [5.74, 6) is 0.648. The van der Waals surface area contributed by atoms with Gasteiger partial charge in [0.1, 0.15) is 0 Å². The molecule has 6 heteroatoms. The molecule has 3 aliphatic rings. The van der Waals surface area contributed by atoms with Crippen molar-refractivity contribution < 1.29 is 19.0 Å². The predicted octanol–water partition coefficient (Wildman–Crippen LogP) is 1.98. The van der Waals surface area contributed by atoms with E-state index in [-0.39, 0.29) is 17.6 Å². The summed E-state index contributed by atoms with van der Waals surface area (Å²) < 4.78 is 17.3. The fraction of sp³-hybridized carbons (Fsp3) is 0.944. The molecule has 0 radical (unpaired) electrons. The first-order valence-corrected chi connectivity index (χ1v) is 9.31. The number of nitrogens with zero attached hydrogens (tertiary/aromatic N) is 2. The molecule has 3 aliphatic heterocycles. The summed E-state index contributed by atoms with van der Waals surface area (Å²) in [4.78, 5) is 15.7. The molecule has 3 heterocycles. The first-order chi connectivity index (χ1) is 11.6. The van der Waals surface area contributed by atoms with Gasteiger partial charge in [0, 0.05) is 47.0 Å². The summed E-state index contributed by atoms with van der Waals surface area (Å²) in [5.41, 5.74) is 0.260. The van der Waals surface area contributed by atoms with E-state index >= 15 is 0 Å². The maximum absolute atomic E-state index is 12.0.